The second-order valence-electron chi connectivity index (χ2n) is 6.27. The van der Waals surface area contributed by atoms with Crippen molar-refractivity contribution in [3.05, 3.63) is 64.8 Å². The fourth-order valence-corrected chi connectivity index (χ4v) is 3.15. The lowest BCUT2D eigenvalue weighted by atomic mass is 9.96. The largest absolute Gasteiger partial charge is 0.490 e. The molecular formula is C22H25NO2. The van der Waals surface area contributed by atoms with E-state index < -0.39 is 0 Å². The molecule has 130 valence electrons. The molecule has 25 heavy (non-hydrogen) atoms. The Bertz CT molecular complexity index is 887. The van der Waals surface area contributed by atoms with Gasteiger partial charge in [-0.15, -0.1) is 0 Å². The van der Waals surface area contributed by atoms with Crippen molar-refractivity contribution < 1.29 is 9.47 Å². The molecule has 0 aliphatic rings. The average Bonchev–Trinajstić information content (AvgIpc) is 2.59. The highest BCUT2D eigenvalue weighted by molar-refractivity contribution is 5.87. The number of pyridine rings is 1. The molecule has 1 heterocycles. The Kier molecular flexibility index (Phi) is 5.22. The number of hydrogen-bond donors (Lipinski definition) is 0. The van der Waals surface area contributed by atoms with Crippen molar-refractivity contribution in [2.45, 2.75) is 34.1 Å². The van der Waals surface area contributed by atoms with Crippen LogP contribution in [0.1, 0.15) is 36.1 Å². The van der Waals surface area contributed by atoms with Gasteiger partial charge in [-0.05, 0) is 56.9 Å². The molecule has 2 aromatic carbocycles. The molecule has 3 aromatic rings. The van der Waals surface area contributed by atoms with E-state index in [4.69, 9.17) is 9.47 Å². The topological polar surface area (TPSA) is 31.4 Å². The highest BCUT2D eigenvalue weighted by atomic mass is 16.5. The van der Waals surface area contributed by atoms with E-state index in [1.807, 2.05) is 26.1 Å². The first-order valence-corrected chi connectivity index (χ1v) is 8.85. The number of ether oxygens (including phenoxy) is 2. The number of hydrogen-bond acceptors (Lipinski definition) is 3. The van der Waals surface area contributed by atoms with E-state index in [0.717, 1.165) is 28.8 Å². The number of rotatable bonds is 6. The molecule has 3 heteroatoms. The predicted octanol–water partition coefficient (Wildman–Crippen LogP) is 5.24. The quantitative estimate of drug-likeness (QED) is 0.617. The summed E-state index contributed by atoms with van der Waals surface area (Å²) in [4.78, 5) is 4.61. The maximum absolute atomic E-state index is 5.81. The number of nitrogens with zero attached hydrogens (tertiary/aromatic N) is 1. The van der Waals surface area contributed by atoms with Crippen LogP contribution in [0.15, 0.2) is 42.6 Å². The van der Waals surface area contributed by atoms with Crippen LogP contribution in [-0.2, 0) is 6.42 Å². The summed E-state index contributed by atoms with van der Waals surface area (Å²) in [6, 6.07) is 12.7. The summed E-state index contributed by atoms with van der Waals surface area (Å²) in [6.45, 7) is 9.43. The summed E-state index contributed by atoms with van der Waals surface area (Å²) < 4.78 is 11.5. The van der Waals surface area contributed by atoms with Crippen LogP contribution in [0, 0.1) is 13.8 Å². The third-order valence-corrected chi connectivity index (χ3v) is 4.32. The monoisotopic (exact) mass is 335 g/mol. The van der Waals surface area contributed by atoms with Crippen LogP contribution in [0.2, 0.25) is 0 Å². The molecule has 0 spiro atoms. The van der Waals surface area contributed by atoms with Crippen molar-refractivity contribution in [3.8, 4) is 11.5 Å². The molecule has 0 amide bonds. The molecule has 0 atom stereocenters. The Morgan fingerprint density at radius 2 is 1.64 bits per heavy atom. The molecule has 0 saturated carbocycles. The first-order valence-electron chi connectivity index (χ1n) is 8.85. The van der Waals surface area contributed by atoms with Gasteiger partial charge >= 0.3 is 0 Å². The normalized spacial score (nSPS) is 10.9. The molecule has 0 unspecified atom stereocenters. The van der Waals surface area contributed by atoms with Gasteiger partial charge in [0.25, 0.3) is 0 Å². The van der Waals surface area contributed by atoms with E-state index >= 15 is 0 Å². The van der Waals surface area contributed by atoms with E-state index in [-0.39, 0.29) is 0 Å². The molecule has 0 N–H and O–H groups in total. The van der Waals surface area contributed by atoms with Gasteiger partial charge in [0.15, 0.2) is 11.5 Å². The number of fused-ring (bicyclic) bond motifs is 1. The van der Waals surface area contributed by atoms with Gasteiger partial charge in [-0.25, -0.2) is 0 Å². The van der Waals surface area contributed by atoms with Crippen LogP contribution in [0.5, 0.6) is 11.5 Å². The Labute approximate surface area is 149 Å². The van der Waals surface area contributed by atoms with Crippen LogP contribution in [0.4, 0.5) is 0 Å². The molecule has 0 fully saturated rings. The van der Waals surface area contributed by atoms with E-state index in [2.05, 4.69) is 49.2 Å². The third-order valence-electron chi connectivity index (χ3n) is 4.32. The fourth-order valence-electron chi connectivity index (χ4n) is 3.15. The van der Waals surface area contributed by atoms with Crippen LogP contribution < -0.4 is 9.47 Å². The summed E-state index contributed by atoms with van der Waals surface area (Å²) in [5.41, 5.74) is 6.02. The van der Waals surface area contributed by atoms with Gasteiger partial charge in [0.1, 0.15) is 0 Å². The van der Waals surface area contributed by atoms with Crippen LogP contribution >= 0.6 is 0 Å². The smallest absolute Gasteiger partial charge is 0.163 e. The van der Waals surface area contributed by atoms with Crippen molar-refractivity contribution in [2.75, 3.05) is 13.2 Å². The predicted molar refractivity (Wildman–Crippen MR) is 103 cm³/mol. The number of benzene rings is 2. The van der Waals surface area contributed by atoms with Gasteiger partial charge in [-0.2, -0.15) is 0 Å². The third kappa shape index (κ3) is 3.76. The van der Waals surface area contributed by atoms with E-state index in [1.54, 1.807) is 0 Å². The lowest BCUT2D eigenvalue weighted by molar-refractivity contribution is 0.288. The van der Waals surface area contributed by atoms with Crippen LogP contribution in [0.3, 0.4) is 0 Å². The van der Waals surface area contributed by atoms with E-state index in [9.17, 15) is 0 Å². The summed E-state index contributed by atoms with van der Waals surface area (Å²) in [5.74, 6) is 1.55. The summed E-state index contributed by atoms with van der Waals surface area (Å²) in [5, 5.41) is 1.13. The van der Waals surface area contributed by atoms with E-state index in [0.29, 0.717) is 13.2 Å². The highest BCUT2D eigenvalue weighted by Gasteiger charge is 2.13. The van der Waals surface area contributed by atoms with Crippen molar-refractivity contribution in [1.82, 2.24) is 4.98 Å². The average molecular weight is 335 g/mol. The molecule has 3 nitrogen and oxygen atoms in total. The van der Waals surface area contributed by atoms with Gasteiger partial charge in [0.2, 0.25) is 0 Å². The maximum atomic E-state index is 5.81. The Hall–Kier alpha value is -2.55. The van der Waals surface area contributed by atoms with Gasteiger partial charge in [-0.1, -0.05) is 29.8 Å². The highest BCUT2D eigenvalue weighted by Crippen LogP contribution is 2.35. The number of aromatic nitrogens is 1. The summed E-state index contributed by atoms with van der Waals surface area (Å²) in [7, 11) is 0. The minimum absolute atomic E-state index is 0.605. The van der Waals surface area contributed by atoms with Crippen molar-refractivity contribution in [2.24, 2.45) is 0 Å². The Balaban J connectivity index is 2.13. The van der Waals surface area contributed by atoms with Crippen molar-refractivity contribution >= 4 is 10.9 Å². The molecule has 0 aliphatic heterocycles. The molecular weight excluding hydrogens is 310 g/mol. The minimum atomic E-state index is 0.605. The fraction of sp³-hybridized carbons (Fsp3) is 0.318. The lowest BCUT2D eigenvalue weighted by Crippen LogP contribution is -2.01. The first-order chi connectivity index (χ1) is 12.1. The second-order valence-corrected chi connectivity index (χ2v) is 6.27. The Morgan fingerprint density at radius 1 is 0.920 bits per heavy atom. The van der Waals surface area contributed by atoms with Crippen LogP contribution in [-0.4, -0.2) is 18.2 Å². The Morgan fingerprint density at radius 3 is 2.32 bits per heavy atom. The molecule has 1 aromatic heterocycles. The maximum Gasteiger partial charge on any atom is 0.163 e. The second kappa shape index (κ2) is 7.56. The zero-order valence-corrected chi connectivity index (χ0v) is 15.4. The van der Waals surface area contributed by atoms with Gasteiger partial charge in [-0.3, -0.25) is 4.98 Å². The van der Waals surface area contributed by atoms with Gasteiger partial charge in [0.05, 0.1) is 18.7 Å². The van der Waals surface area contributed by atoms with Crippen molar-refractivity contribution in [3.63, 3.8) is 0 Å². The zero-order valence-electron chi connectivity index (χ0n) is 15.4. The van der Waals surface area contributed by atoms with Gasteiger partial charge in [0, 0.05) is 17.6 Å². The molecule has 0 aliphatic carbocycles. The van der Waals surface area contributed by atoms with Gasteiger partial charge < -0.3 is 9.47 Å². The molecule has 0 bridgehead atoms. The first kappa shape index (κ1) is 17.3. The molecule has 0 saturated heterocycles. The lowest BCUT2D eigenvalue weighted by Gasteiger charge is -2.15. The molecule has 3 rings (SSSR count). The molecule has 0 radical (unpaired) electrons. The zero-order chi connectivity index (χ0) is 17.8. The SMILES string of the molecule is CCOc1cc2ncc(C)c(Cc3cccc(C)c3)c2cc1OCC. The van der Waals surface area contributed by atoms with Crippen LogP contribution in [0.25, 0.3) is 10.9 Å². The standard InChI is InChI=1S/C22H25NO2/c1-5-24-21-12-19-18(11-17-9-7-8-15(3)10-17)16(4)14-23-20(19)13-22(21)25-6-2/h7-10,12-14H,5-6,11H2,1-4H3. The number of aryl methyl sites for hydroxylation is 2. The van der Waals surface area contributed by atoms with Crippen molar-refractivity contribution in [1.29, 1.82) is 0 Å². The summed E-state index contributed by atoms with van der Waals surface area (Å²) >= 11 is 0. The minimum Gasteiger partial charge on any atom is -0.490 e. The summed E-state index contributed by atoms with van der Waals surface area (Å²) in [6.07, 6.45) is 2.83. The van der Waals surface area contributed by atoms with E-state index in [1.165, 1.54) is 22.3 Å².